The highest BCUT2D eigenvalue weighted by Gasteiger charge is 2.06. The van der Waals surface area contributed by atoms with Crippen LogP contribution in [0.3, 0.4) is 0 Å². The molecule has 4 nitrogen and oxygen atoms in total. The first kappa shape index (κ1) is 13.0. The first-order valence-electron chi connectivity index (χ1n) is 5.37. The van der Waals surface area contributed by atoms with Gasteiger partial charge in [0.2, 0.25) is 0 Å². The summed E-state index contributed by atoms with van der Waals surface area (Å²) in [5.41, 5.74) is 1.17. The molecule has 5 heteroatoms. The van der Waals surface area contributed by atoms with Crippen LogP contribution in [0.1, 0.15) is 30.5 Å². The SMILES string of the molecule is CN=C(NCc1nc(C(C)C)cs1)N(C)C. The molecule has 0 saturated heterocycles. The van der Waals surface area contributed by atoms with E-state index < -0.39 is 0 Å². The quantitative estimate of drug-likeness (QED) is 0.648. The summed E-state index contributed by atoms with van der Waals surface area (Å²) in [5.74, 6) is 1.37. The lowest BCUT2D eigenvalue weighted by Crippen LogP contribution is -2.35. The minimum absolute atomic E-state index is 0.498. The van der Waals surface area contributed by atoms with E-state index in [1.165, 1.54) is 5.69 Å². The molecule has 0 saturated carbocycles. The Balaban J connectivity index is 2.54. The molecular formula is C11H20N4S. The van der Waals surface area contributed by atoms with Gasteiger partial charge in [-0.05, 0) is 5.92 Å². The Morgan fingerprint density at radius 2 is 2.25 bits per heavy atom. The molecule has 0 bridgehead atoms. The molecule has 1 rings (SSSR count). The molecule has 0 aliphatic heterocycles. The Bertz CT molecular complexity index is 355. The van der Waals surface area contributed by atoms with Crippen molar-refractivity contribution in [3.63, 3.8) is 0 Å². The number of hydrogen-bond acceptors (Lipinski definition) is 3. The van der Waals surface area contributed by atoms with E-state index in [2.05, 4.69) is 34.5 Å². The van der Waals surface area contributed by atoms with Crippen LogP contribution in [0.2, 0.25) is 0 Å². The maximum Gasteiger partial charge on any atom is 0.193 e. The van der Waals surface area contributed by atoms with Gasteiger partial charge in [0.25, 0.3) is 0 Å². The van der Waals surface area contributed by atoms with Crippen molar-refractivity contribution >= 4 is 17.3 Å². The largest absolute Gasteiger partial charge is 0.350 e. The normalized spacial score (nSPS) is 12.0. The maximum absolute atomic E-state index is 4.56. The van der Waals surface area contributed by atoms with E-state index in [1.54, 1.807) is 18.4 Å². The molecule has 1 aromatic heterocycles. The highest BCUT2D eigenvalue weighted by Crippen LogP contribution is 2.17. The third-order valence-corrected chi connectivity index (χ3v) is 3.06. The second kappa shape index (κ2) is 5.84. The Morgan fingerprint density at radius 3 is 2.69 bits per heavy atom. The Morgan fingerprint density at radius 1 is 1.56 bits per heavy atom. The lowest BCUT2D eigenvalue weighted by atomic mass is 10.2. The smallest absolute Gasteiger partial charge is 0.193 e. The van der Waals surface area contributed by atoms with E-state index in [9.17, 15) is 0 Å². The van der Waals surface area contributed by atoms with Crippen LogP contribution in [0.4, 0.5) is 0 Å². The Kier molecular flexibility index (Phi) is 4.73. The molecule has 0 radical (unpaired) electrons. The van der Waals surface area contributed by atoms with Crippen molar-refractivity contribution in [2.45, 2.75) is 26.3 Å². The van der Waals surface area contributed by atoms with Crippen LogP contribution in [0, 0.1) is 0 Å². The molecule has 1 heterocycles. The van der Waals surface area contributed by atoms with Gasteiger partial charge in [0.1, 0.15) is 5.01 Å². The second-order valence-corrected chi connectivity index (χ2v) is 5.06. The van der Waals surface area contributed by atoms with E-state index in [1.807, 2.05) is 19.0 Å². The van der Waals surface area contributed by atoms with E-state index in [0.717, 1.165) is 17.5 Å². The van der Waals surface area contributed by atoms with Crippen molar-refractivity contribution in [1.82, 2.24) is 15.2 Å². The number of nitrogens with zero attached hydrogens (tertiary/aromatic N) is 3. The predicted octanol–water partition coefficient (Wildman–Crippen LogP) is 1.90. The fourth-order valence-corrected chi connectivity index (χ4v) is 2.16. The monoisotopic (exact) mass is 240 g/mol. The van der Waals surface area contributed by atoms with Gasteiger partial charge >= 0.3 is 0 Å². The van der Waals surface area contributed by atoms with Gasteiger partial charge in [-0.15, -0.1) is 11.3 Å². The number of nitrogens with one attached hydrogen (secondary N) is 1. The molecule has 1 aromatic rings. The molecule has 0 atom stereocenters. The fraction of sp³-hybridized carbons (Fsp3) is 0.636. The van der Waals surface area contributed by atoms with E-state index in [4.69, 9.17) is 0 Å². The van der Waals surface area contributed by atoms with Crippen LogP contribution in [-0.4, -0.2) is 37.0 Å². The molecule has 16 heavy (non-hydrogen) atoms. The van der Waals surface area contributed by atoms with Gasteiger partial charge in [-0.25, -0.2) is 4.98 Å². The van der Waals surface area contributed by atoms with Crippen LogP contribution in [0.15, 0.2) is 10.4 Å². The molecule has 0 aliphatic rings. The van der Waals surface area contributed by atoms with Crippen molar-refractivity contribution in [3.8, 4) is 0 Å². The summed E-state index contributed by atoms with van der Waals surface area (Å²) in [6.07, 6.45) is 0. The van der Waals surface area contributed by atoms with Gasteiger partial charge in [0, 0.05) is 26.5 Å². The summed E-state index contributed by atoms with van der Waals surface area (Å²) < 4.78 is 0. The molecular weight excluding hydrogens is 220 g/mol. The minimum Gasteiger partial charge on any atom is -0.350 e. The average molecular weight is 240 g/mol. The molecule has 0 unspecified atom stereocenters. The molecule has 0 aliphatic carbocycles. The van der Waals surface area contributed by atoms with Gasteiger partial charge in [0.15, 0.2) is 5.96 Å². The highest BCUT2D eigenvalue weighted by molar-refractivity contribution is 7.09. The first-order valence-corrected chi connectivity index (χ1v) is 6.24. The van der Waals surface area contributed by atoms with Crippen molar-refractivity contribution < 1.29 is 0 Å². The zero-order chi connectivity index (χ0) is 12.1. The first-order chi connectivity index (χ1) is 7.54. The summed E-state index contributed by atoms with van der Waals surface area (Å²) in [7, 11) is 5.72. The van der Waals surface area contributed by atoms with Gasteiger partial charge in [-0.2, -0.15) is 0 Å². The van der Waals surface area contributed by atoms with Gasteiger partial charge in [-0.3, -0.25) is 4.99 Å². The number of aliphatic imine (C=N–C) groups is 1. The third kappa shape index (κ3) is 3.48. The lowest BCUT2D eigenvalue weighted by molar-refractivity contribution is 0.582. The fourth-order valence-electron chi connectivity index (χ4n) is 1.26. The lowest BCUT2D eigenvalue weighted by Gasteiger charge is -2.15. The summed E-state index contributed by atoms with van der Waals surface area (Å²) >= 11 is 1.69. The number of hydrogen-bond donors (Lipinski definition) is 1. The summed E-state index contributed by atoms with van der Waals surface area (Å²) in [6, 6.07) is 0. The number of guanidine groups is 1. The van der Waals surface area contributed by atoms with Crippen LogP contribution in [0.25, 0.3) is 0 Å². The predicted molar refractivity (Wildman–Crippen MR) is 70.1 cm³/mol. The number of rotatable bonds is 3. The minimum atomic E-state index is 0.498. The molecule has 0 fully saturated rings. The number of thiazole rings is 1. The van der Waals surface area contributed by atoms with Crippen molar-refractivity contribution in [2.24, 2.45) is 4.99 Å². The molecule has 0 spiro atoms. The summed E-state index contributed by atoms with van der Waals surface area (Å²) in [5, 5.41) is 6.49. The average Bonchev–Trinajstić information content (AvgIpc) is 2.67. The van der Waals surface area contributed by atoms with Gasteiger partial charge in [-0.1, -0.05) is 13.8 Å². The summed E-state index contributed by atoms with van der Waals surface area (Å²) in [4.78, 5) is 10.7. The standard InChI is InChI=1S/C11H20N4S/c1-8(2)9-7-16-10(14-9)6-13-11(12-3)15(4)5/h7-8H,6H2,1-5H3,(H,12,13). The topological polar surface area (TPSA) is 40.5 Å². The van der Waals surface area contributed by atoms with Crippen molar-refractivity contribution in [1.29, 1.82) is 0 Å². The van der Waals surface area contributed by atoms with Crippen molar-refractivity contribution in [3.05, 3.63) is 16.1 Å². The summed E-state index contributed by atoms with van der Waals surface area (Å²) in [6.45, 7) is 5.05. The molecule has 0 amide bonds. The van der Waals surface area contributed by atoms with Gasteiger partial charge in [0.05, 0.1) is 12.2 Å². The van der Waals surface area contributed by atoms with Gasteiger partial charge < -0.3 is 10.2 Å². The van der Waals surface area contributed by atoms with Crippen LogP contribution in [-0.2, 0) is 6.54 Å². The second-order valence-electron chi connectivity index (χ2n) is 4.12. The maximum atomic E-state index is 4.56. The van der Waals surface area contributed by atoms with E-state index >= 15 is 0 Å². The van der Waals surface area contributed by atoms with Crippen LogP contribution >= 0.6 is 11.3 Å². The zero-order valence-electron chi connectivity index (χ0n) is 10.6. The molecule has 0 aromatic carbocycles. The molecule has 90 valence electrons. The van der Waals surface area contributed by atoms with Crippen LogP contribution < -0.4 is 5.32 Å². The third-order valence-electron chi connectivity index (χ3n) is 2.19. The highest BCUT2D eigenvalue weighted by atomic mass is 32.1. The Labute approximate surface area is 101 Å². The van der Waals surface area contributed by atoms with E-state index in [0.29, 0.717) is 5.92 Å². The number of aromatic nitrogens is 1. The zero-order valence-corrected chi connectivity index (χ0v) is 11.4. The van der Waals surface area contributed by atoms with Crippen molar-refractivity contribution in [2.75, 3.05) is 21.1 Å². The Hall–Kier alpha value is -1.10. The van der Waals surface area contributed by atoms with Crippen LogP contribution in [0.5, 0.6) is 0 Å². The molecule has 1 N–H and O–H groups in total. The van der Waals surface area contributed by atoms with E-state index in [-0.39, 0.29) is 0 Å².